The minimum Gasteiger partial charge on any atom is -0.373 e. The summed E-state index contributed by atoms with van der Waals surface area (Å²) in [5.41, 5.74) is 0. The summed E-state index contributed by atoms with van der Waals surface area (Å²) in [6.07, 6.45) is 12.3. The first-order chi connectivity index (χ1) is 10.1. The van der Waals surface area contributed by atoms with Crippen LogP contribution in [0.25, 0.3) is 0 Å². The average molecular weight is 315 g/mol. The van der Waals surface area contributed by atoms with Gasteiger partial charge < -0.3 is 10.1 Å². The summed E-state index contributed by atoms with van der Waals surface area (Å²) in [7, 11) is -2.83. The second-order valence-electron chi connectivity index (χ2n) is 7.09. The van der Waals surface area contributed by atoms with Crippen LogP contribution in [0.1, 0.15) is 64.2 Å². The summed E-state index contributed by atoms with van der Waals surface area (Å²) in [4.78, 5) is 0. The van der Waals surface area contributed by atoms with Crippen molar-refractivity contribution in [2.45, 2.75) is 88.5 Å². The van der Waals surface area contributed by atoms with E-state index in [1.54, 1.807) is 0 Å². The van der Waals surface area contributed by atoms with Crippen LogP contribution in [-0.2, 0) is 14.6 Å². The van der Waals surface area contributed by atoms with Gasteiger partial charge in [-0.1, -0.05) is 25.7 Å². The Morgan fingerprint density at radius 2 is 1.57 bits per heavy atom. The number of nitrogens with one attached hydrogen (secondary N) is 1. The van der Waals surface area contributed by atoms with Crippen LogP contribution < -0.4 is 5.32 Å². The zero-order chi connectivity index (χ0) is 14.7. The highest BCUT2D eigenvalue weighted by molar-refractivity contribution is 7.91. The van der Waals surface area contributed by atoms with Crippen molar-refractivity contribution in [3.05, 3.63) is 0 Å². The van der Waals surface area contributed by atoms with Crippen LogP contribution in [0, 0.1) is 0 Å². The molecule has 3 aliphatic rings. The second-order valence-corrected chi connectivity index (χ2v) is 9.32. The van der Waals surface area contributed by atoms with E-state index in [4.69, 9.17) is 4.74 Å². The minimum atomic E-state index is -2.83. The third-order valence-electron chi connectivity index (χ3n) is 5.28. The topological polar surface area (TPSA) is 55.4 Å². The highest BCUT2D eigenvalue weighted by atomic mass is 32.2. The molecule has 0 aromatic rings. The van der Waals surface area contributed by atoms with Gasteiger partial charge in [-0.15, -0.1) is 0 Å². The van der Waals surface area contributed by atoms with Crippen LogP contribution in [-0.4, -0.2) is 44.2 Å². The molecular weight excluding hydrogens is 286 g/mol. The van der Waals surface area contributed by atoms with E-state index in [0.717, 1.165) is 25.7 Å². The van der Waals surface area contributed by atoms with Gasteiger partial charge >= 0.3 is 0 Å². The molecule has 3 atom stereocenters. The lowest BCUT2D eigenvalue weighted by molar-refractivity contribution is -0.0452. The van der Waals surface area contributed by atoms with Crippen molar-refractivity contribution in [1.29, 1.82) is 0 Å². The first-order valence-electron chi connectivity index (χ1n) is 8.74. The van der Waals surface area contributed by atoms with E-state index in [-0.39, 0.29) is 6.04 Å². The lowest BCUT2D eigenvalue weighted by Gasteiger charge is -2.37. The predicted molar refractivity (Wildman–Crippen MR) is 84.2 cm³/mol. The first-order valence-corrected chi connectivity index (χ1v) is 10.6. The molecule has 0 unspecified atom stereocenters. The molecule has 4 nitrogen and oxygen atoms in total. The molecule has 0 aromatic carbocycles. The summed E-state index contributed by atoms with van der Waals surface area (Å²) in [5, 5.41) is 3.63. The zero-order valence-corrected chi connectivity index (χ0v) is 13.7. The van der Waals surface area contributed by atoms with Crippen LogP contribution in [0.2, 0.25) is 0 Å². The summed E-state index contributed by atoms with van der Waals surface area (Å²) in [6, 6.07) is 0.499. The van der Waals surface area contributed by atoms with E-state index in [2.05, 4.69) is 5.32 Å². The standard InChI is InChI=1S/C16H29NO3S/c18-21(19)11-5-6-13(12-21)17-15-9-3-4-10-16(15)20-14-7-1-2-8-14/h13-17H,1-12H2/t13-,15-,16+/m0/s1. The predicted octanol–water partition coefficient (Wildman–Crippen LogP) is 2.42. The smallest absolute Gasteiger partial charge is 0.151 e. The highest BCUT2D eigenvalue weighted by Crippen LogP contribution is 2.29. The summed E-state index contributed by atoms with van der Waals surface area (Å²) in [5.74, 6) is 0.692. The van der Waals surface area contributed by atoms with Crippen LogP contribution in [0.5, 0.6) is 0 Å². The van der Waals surface area contributed by atoms with Crippen LogP contribution >= 0.6 is 0 Å². The molecule has 0 radical (unpaired) electrons. The van der Waals surface area contributed by atoms with E-state index in [1.807, 2.05) is 0 Å². The molecule has 0 aromatic heterocycles. The molecule has 1 heterocycles. The van der Waals surface area contributed by atoms with Gasteiger partial charge in [-0.3, -0.25) is 0 Å². The van der Waals surface area contributed by atoms with Gasteiger partial charge in [0.2, 0.25) is 0 Å². The fourth-order valence-electron chi connectivity index (χ4n) is 4.18. The molecule has 1 N–H and O–H groups in total. The average Bonchev–Trinajstić information content (AvgIpc) is 2.93. The Hall–Kier alpha value is -0.130. The van der Waals surface area contributed by atoms with Gasteiger partial charge in [0.05, 0.1) is 23.7 Å². The molecule has 3 rings (SSSR count). The third kappa shape index (κ3) is 4.42. The zero-order valence-electron chi connectivity index (χ0n) is 12.9. The van der Waals surface area contributed by atoms with Crippen molar-refractivity contribution in [2.24, 2.45) is 0 Å². The van der Waals surface area contributed by atoms with Crippen molar-refractivity contribution < 1.29 is 13.2 Å². The monoisotopic (exact) mass is 315 g/mol. The fraction of sp³-hybridized carbons (Fsp3) is 1.00. The molecular formula is C16H29NO3S. The quantitative estimate of drug-likeness (QED) is 0.865. The molecule has 21 heavy (non-hydrogen) atoms. The third-order valence-corrected chi connectivity index (χ3v) is 7.11. The minimum absolute atomic E-state index is 0.140. The molecule has 0 amide bonds. The normalized spacial score (nSPS) is 37.6. The van der Waals surface area contributed by atoms with E-state index in [9.17, 15) is 8.42 Å². The van der Waals surface area contributed by atoms with Gasteiger partial charge in [0.15, 0.2) is 9.84 Å². The van der Waals surface area contributed by atoms with Crippen LogP contribution in [0.4, 0.5) is 0 Å². The van der Waals surface area contributed by atoms with E-state index < -0.39 is 9.84 Å². The first kappa shape index (κ1) is 15.8. The number of hydrogen-bond donors (Lipinski definition) is 1. The Bertz CT molecular complexity index is 431. The highest BCUT2D eigenvalue weighted by Gasteiger charge is 2.33. The molecule has 2 saturated carbocycles. The van der Waals surface area contributed by atoms with Crippen molar-refractivity contribution >= 4 is 9.84 Å². The number of rotatable bonds is 4. The fourth-order valence-corrected chi connectivity index (χ4v) is 5.83. The summed E-state index contributed by atoms with van der Waals surface area (Å²) >= 11 is 0. The molecule has 1 aliphatic heterocycles. The lowest BCUT2D eigenvalue weighted by atomic mass is 9.91. The van der Waals surface area contributed by atoms with E-state index in [1.165, 1.54) is 38.5 Å². The van der Waals surface area contributed by atoms with Gasteiger partial charge in [0, 0.05) is 12.1 Å². The van der Waals surface area contributed by atoms with Crippen molar-refractivity contribution in [3.8, 4) is 0 Å². The largest absolute Gasteiger partial charge is 0.373 e. The van der Waals surface area contributed by atoms with Crippen LogP contribution in [0.15, 0.2) is 0 Å². The van der Waals surface area contributed by atoms with Gasteiger partial charge in [0.25, 0.3) is 0 Å². The maximum absolute atomic E-state index is 11.8. The number of sulfone groups is 1. The van der Waals surface area contributed by atoms with Crippen LogP contribution in [0.3, 0.4) is 0 Å². The molecule has 1 saturated heterocycles. The molecule has 3 fully saturated rings. The summed E-state index contributed by atoms with van der Waals surface area (Å²) in [6.45, 7) is 0. The van der Waals surface area contributed by atoms with Gasteiger partial charge in [-0.25, -0.2) is 8.42 Å². The number of hydrogen-bond acceptors (Lipinski definition) is 4. The van der Waals surface area contributed by atoms with Crippen molar-refractivity contribution in [3.63, 3.8) is 0 Å². The molecule has 122 valence electrons. The lowest BCUT2D eigenvalue weighted by Crippen LogP contribution is -2.52. The number of ether oxygens (including phenoxy) is 1. The van der Waals surface area contributed by atoms with E-state index >= 15 is 0 Å². The Labute approximate surface area is 128 Å². The Morgan fingerprint density at radius 3 is 2.33 bits per heavy atom. The Kier molecular flexibility index (Phi) is 5.23. The second kappa shape index (κ2) is 6.97. The van der Waals surface area contributed by atoms with Gasteiger partial charge in [0.1, 0.15) is 0 Å². The molecule has 2 aliphatic carbocycles. The van der Waals surface area contributed by atoms with Crippen molar-refractivity contribution in [2.75, 3.05) is 11.5 Å². The van der Waals surface area contributed by atoms with E-state index in [0.29, 0.717) is 29.8 Å². The maximum atomic E-state index is 11.8. The Morgan fingerprint density at radius 1 is 0.857 bits per heavy atom. The maximum Gasteiger partial charge on any atom is 0.151 e. The van der Waals surface area contributed by atoms with Crippen molar-refractivity contribution in [1.82, 2.24) is 5.32 Å². The SMILES string of the molecule is O=S1(=O)CCC[C@H](N[C@H]2CCCC[C@H]2OC2CCCC2)C1. The molecule has 0 spiro atoms. The summed E-state index contributed by atoms with van der Waals surface area (Å²) < 4.78 is 29.9. The Balaban J connectivity index is 1.56. The molecule has 5 heteroatoms. The van der Waals surface area contributed by atoms with Gasteiger partial charge in [-0.05, 0) is 38.5 Å². The molecule has 0 bridgehead atoms. The van der Waals surface area contributed by atoms with Gasteiger partial charge in [-0.2, -0.15) is 0 Å².